The van der Waals surface area contributed by atoms with Crippen LogP contribution in [0.3, 0.4) is 0 Å². The van der Waals surface area contributed by atoms with E-state index in [9.17, 15) is 4.39 Å². The van der Waals surface area contributed by atoms with Gasteiger partial charge in [-0.15, -0.1) is 0 Å². The van der Waals surface area contributed by atoms with Crippen molar-refractivity contribution in [3.8, 4) is 0 Å². The topological polar surface area (TPSA) is 12.0 Å². The molecule has 1 aliphatic rings. The molecule has 1 aliphatic carbocycles. The summed E-state index contributed by atoms with van der Waals surface area (Å²) in [5, 5.41) is 3.67. The fourth-order valence-electron chi connectivity index (χ4n) is 3.63. The van der Waals surface area contributed by atoms with E-state index in [1.165, 1.54) is 31.7 Å². The fourth-order valence-corrected chi connectivity index (χ4v) is 3.63. The highest BCUT2D eigenvalue weighted by Crippen LogP contribution is 2.46. The Morgan fingerprint density at radius 2 is 2.15 bits per heavy atom. The second kappa shape index (κ2) is 6.71. The highest BCUT2D eigenvalue weighted by atomic mass is 19.1. The number of hydrogen-bond donors (Lipinski definition) is 1. The van der Waals surface area contributed by atoms with Gasteiger partial charge in [0.15, 0.2) is 0 Å². The van der Waals surface area contributed by atoms with E-state index < -0.39 is 0 Å². The van der Waals surface area contributed by atoms with Crippen molar-refractivity contribution in [1.29, 1.82) is 0 Å². The van der Waals surface area contributed by atoms with Crippen LogP contribution in [0.4, 0.5) is 4.39 Å². The third-order valence-corrected chi connectivity index (χ3v) is 4.81. The lowest BCUT2D eigenvalue weighted by Gasteiger charge is -2.44. The summed E-state index contributed by atoms with van der Waals surface area (Å²) in [7, 11) is 0. The van der Waals surface area contributed by atoms with Crippen molar-refractivity contribution in [2.45, 2.75) is 58.9 Å². The minimum Gasteiger partial charge on any atom is -0.310 e. The smallest absolute Gasteiger partial charge is 0.123 e. The van der Waals surface area contributed by atoms with Gasteiger partial charge >= 0.3 is 0 Å². The van der Waals surface area contributed by atoms with Crippen molar-refractivity contribution in [2.24, 2.45) is 11.3 Å². The molecule has 0 radical (unpaired) electrons. The molecule has 2 atom stereocenters. The molecule has 0 bridgehead atoms. The first-order chi connectivity index (χ1) is 9.54. The van der Waals surface area contributed by atoms with Gasteiger partial charge in [-0.3, -0.25) is 0 Å². The molecule has 2 heteroatoms. The molecule has 0 heterocycles. The van der Waals surface area contributed by atoms with Gasteiger partial charge in [0.25, 0.3) is 0 Å². The van der Waals surface area contributed by atoms with E-state index in [1.807, 2.05) is 6.07 Å². The van der Waals surface area contributed by atoms with Crippen LogP contribution in [0.1, 0.15) is 64.5 Å². The van der Waals surface area contributed by atoms with E-state index in [4.69, 9.17) is 0 Å². The average molecular weight is 277 g/mol. The van der Waals surface area contributed by atoms with Crippen LogP contribution < -0.4 is 5.32 Å². The number of rotatable bonds is 5. The first-order valence-electron chi connectivity index (χ1n) is 8.03. The zero-order valence-electron chi connectivity index (χ0n) is 13.1. The molecule has 2 unspecified atom stereocenters. The monoisotopic (exact) mass is 277 g/mol. The van der Waals surface area contributed by atoms with Crippen LogP contribution in [0.5, 0.6) is 0 Å². The first-order valence-corrected chi connectivity index (χ1v) is 8.03. The van der Waals surface area contributed by atoms with Gasteiger partial charge in [0.05, 0.1) is 0 Å². The quantitative estimate of drug-likeness (QED) is 0.791. The minimum absolute atomic E-state index is 0.126. The zero-order valence-corrected chi connectivity index (χ0v) is 13.1. The summed E-state index contributed by atoms with van der Waals surface area (Å²) in [6.45, 7) is 7.92. The van der Waals surface area contributed by atoms with E-state index in [0.29, 0.717) is 11.3 Å². The molecule has 0 amide bonds. The average Bonchev–Trinajstić information content (AvgIpc) is 2.40. The van der Waals surface area contributed by atoms with Crippen LogP contribution in [0, 0.1) is 17.2 Å². The predicted octanol–water partition coefficient (Wildman–Crippen LogP) is 5.08. The highest BCUT2D eigenvalue weighted by molar-refractivity contribution is 5.22. The molecule has 20 heavy (non-hydrogen) atoms. The van der Waals surface area contributed by atoms with Gasteiger partial charge in [-0.2, -0.15) is 0 Å². The van der Waals surface area contributed by atoms with Gasteiger partial charge in [0.2, 0.25) is 0 Å². The van der Waals surface area contributed by atoms with Crippen LogP contribution in [-0.4, -0.2) is 6.54 Å². The van der Waals surface area contributed by atoms with Gasteiger partial charge in [-0.1, -0.05) is 45.7 Å². The molecular weight excluding hydrogens is 249 g/mol. The molecule has 1 saturated carbocycles. The van der Waals surface area contributed by atoms with E-state index in [2.05, 4.69) is 32.2 Å². The molecule has 1 aromatic carbocycles. The Morgan fingerprint density at radius 3 is 2.80 bits per heavy atom. The molecule has 2 rings (SSSR count). The largest absolute Gasteiger partial charge is 0.310 e. The Morgan fingerprint density at radius 1 is 1.35 bits per heavy atom. The van der Waals surface area contributed by atoms with Crippen molar-refractivity contribution in [1.82, 2.24) is 5.32 Å². The van der Waals surface area contributed by atoms with Gasteiger partial charge < -0.3 is 5.32 Å². The van der Waals surface area contributed by atoms with Crippen LogP contribution in [0.25, 0.3) is 0 Å². The molecular formula is C18H28FN. The van der Waals surface area contributed by atoms with Gasteiger partial charge in [0.1, 0.15) is 5.82 Å². The van der Waals surface area contributed by atoms with Crippen molar-refractivity contribution in [2.75, 3.05) is 6.54 Å². The number of nitrogens with one attached hydrogen (secondary N) is 1. The van der Waals surface area contributed by atoms with E-state index in [-0.39, 0.29) is 11.9 Å². The second-order valence-corrected chi connectivity index (χ2v) is 6.83. The van der Waals surface area contributed by atoms with E-state index in [0.717, 1.165) is 18.5 Å². The summed E-state index contributed by atoms with van der Waals surface area (Å²) in [6, 6.07) is 7.42. The first kappa shape index (κ1) is 15.5. The maximum absolute atomic E-state index is 13.6. The summed E-state index contributed by atoms with van der Waals surface area (Å²) in [4.78, 5) is 0. The molecule has 0 aliphatic heterocycles. The predicted molar refractivity (Wildman–Crippen MR) is 83.2 cm³/mol. The summed E-state index contributed by atoms with van der Waals surface area (Å²) in [6.07, 6.45) is 6.25. The van der Waals surface area contributed by atoms with Crippen molar-refractivity contribution in [3.63, 3.8) is 0 Å². The molecule has 1 fully saturated rings. The summed E-state index contributed by atoms with van der Waals surface area (Å²) >= 11 is 0. The lowest BCUT2D eigenvalue weighted by atomic mass is 9.65. The maximum Gasteiger partial charge on any atom is 0.123 e. The summed E-state index contributed by atoms with van der Waals surface area (Å²) in [5.74, 6) is 0.462. The molecule has 1 nitrogen and oxygen atoms in total. The molecule has 1 aromatic rings. The summed E-state index contributed by atoms with van der Waals surface area (Å²) < 4.78 is 13.6. The summed E-state index contributed by atoms with van der Waals surface area (Å²) in [5.41, 5.74) is 1.44. The van der Waals surface area contributed by atoms with Gasteiger partial charge in [0, 0.05) is 6.04 Å². The van der Waals surface area contributed by atoms with Crippen molar-refractivity contribution >= 4 is 0 Å². The number of halogens is 1. The lowest BCUT2D eigenvalue weighted by molar-refractivity contribution is 0.0980. The lowest BCUT2D eigenvalue weighted by Crippen LogP contribution is -2.39. The van der Waals surface area contributed by atoms with Crippen LogP contribution >= 0.6 is 0 Å². The number of hydrogen-bond acceptors (Lipinski definition) is 1. The third-order valence-electron chi connectivity index (χ3n) is 4.81. The standard InChI is InChI=1S/C18H28FN/c1-4-12-20-17(14-8-7-9-15(19)13-14)16-10-5-6-11-18(16,2)3/h7-9,13,16-17,20H,4-6,10-12H2,1-3H3. The maximum atomic E-state index is 13.6. The fraction of sp³-hybridized carbons (Fsp3) is 0.667. The number of benzene rings is 1. The van der Waals surface area contributed by atoms with Crippen molar-refractivity contribution < 1.29 is 4.39 Å². The normalized spacial score (nSPS) is 23.5. The minimum atomic E-state index is -0.126. The molecule has 0 spiro atoms. The Balaban J connectivity index is 2.26. The zero-order chi connectivity index (χ0) is 14.6. The van der Waals surface area contributed by atoms with Crippen LogP contribution in [-0.2, 0) is 0 Å². The molecule has 0 aromatic heterocycles. The van der Waals surface area contributed by atoms with Crippen molar-refractivity contribution in [3.05, 3.63) is 35.6 Å². The highest BCUT2D eigenvalue weighted by Gasteiger charge is 2.37. The van der Waals surface area contributed by atoms with Gasteiger partial charge in [-0.25, -0.2) is 4.39 Å². The van der Waals surface area contributed by atoms with E-state index in [1.54, 1.807) is 6.07 Å². The Kier molecular flexibility index (Phi) is 5.20. The SMILES string of the molecule is CCCNC(c1cccc(F)c1)C1CCCCC1(C)C. The Bertz CT molecular complexity index is 427. The molecule has 0 saturated heterocycles. The Hall–Kier alpha value is -0.890. The van der Waals surface area contributed by atoms with Gasteiger partial charge in [-0.05, 0) is 54.8 Å². The molecule has 1 N–H and O–H groups in total. The third kappa shape index (κ3) is 3.60. The van der Waals surface area contributed by atoms with Crippen LogP contribution in [0.2, 0.25) is 0 Å². The van der Waals surface area contributed by atoms with Crippen LogP contribution in [0.15, 0.2) is 24.3 Å². The van der Waals surface area contributed by atoms with E-state index >= 15 is 0 Å². The molecule has 112 valence electrons. The Labute approximate surface area is 123 Å². The second-order valence-electron chi connectivity index (χ2n) is 6.83.